The first kappa shape index (κ1) is 12.5. The highest BCUT2D eigenvalue weighted by atomic mass is 16.2. The Kier molecular flexibility index (Phi) is 3.18. The first-order valence-corrected chi connectivity index (χ1v) is 5.95. The summed E-state index contributed by atoms with van der Waals surface area (Å²) in [6, 6.07) is 0. The molecule has 88 valence electrons. The normalized spacial score (nSPS) is 23.3. The number of hydrogen-bond acceptors (Lipinski definition) is 1. The topological polar surface area (TPSA) is 20.3 Å². The van der Waals surface area contributed by atoms with E-state index in [1.54, 1.807) is 0 Å². The zero-order valence-corrected chi connectivity index (χ0v) is 11.1. The van der Waals surface area contributed by atoms with Gasteiger partial charge in [-0.05, 0) is 17.8 Å². The maximum absolute atomic E-state index is 12.4. The molecule has 0 aliphatic carbocycles. The average Bonchev–Trinajstić information content (AvgIpc) is 2.48. The molecule has 1 aliphatic heterocycles. The first-order valence-electron chi connectivity index (χ1n) is 5.95. The maximum Gasteiger partial charge on any atom is 0.228 e. The zero-order chi connectivity index (χ0) is 11.9. The SMILES string of the molecule is CC1CCN(C(=O)C(C)(C)C(C)(C)C)C1. The summed E-state index contributed by atoms with van der Waals surface area (Å²) in [6.07, 6.45) is 1.16. The highest BCUT2D eigenvalue weighted by Crippen LogP contribution is 2.40. The Labute approximate surface area is 94.0 Å². The summed E-state index contributed by atoms with van der Waals surface area (Å²) < 4.78 is 0. The Morgan fingerprint density at radius 1 is 1.20 bits per heavy atom. The minimum Gasteiger partial charge on any atom is -0.342 e. The summed E-state index contributed by atoms with van der Waals surface area (Å²) >= 11 is 0. The number of carbonyl (C=O) groups excluding carboxylic acids is 1. The second-order valence-corrected chi connectivity index (χ2v) is 6.52. The van der Waals surface area contributed by atoms with E-state index in [1.807, 2.05) is 4.90 Å². The van der Waals surface area contributed by atoms with E-state index in [2.05, 4.69) is 41.5 Å². The third kappa shape index (κ3) is 2.35. The molecule has 2 heteroatoms. The quantitative estimate of drug-likeness (QED) is 0.653. The van der Waals surface area contributed by atoms with Crippen LogP contribution >= 0.6 is 0 Å². The molecule has 15 heavy (non-hydrogen) atoms. The highest BCUT2D eigenvalue weighted by molar-refractivity contribution is 5.83. The van der Waals surface area contributed by atoms with Gasteiger partial charge in [0.25, 0.3) is 0 Å². The van der Waals surface area contributed by atoms with Crippen molar-refractivity contribution in [2.24, 2.45) is 16.7 Å². The average molecular weight is 211 g/mol. The van der Waals surface area contributed by atoms with Gasteiger partial charge in [-0.15, -0.1) is 0 Å². The van der Waals surface area contributed by atoms with Crippen molar-refractivity contribution < 1.29 is 4.79 Å². The van der Waals surface area contributed by atoms with E-state index in [0.29, 0.717) is 11.8 Å². The van der Waals surface area contributed by atoms with Crippen molar-refractivity contribution in [3.8, 4) is 0 Å². The van der Waals surface area contributed by atoms with Crippen LogP contribution < -0.4 is 0 Å². The molecular formula is C13H25NO. The smallest absolute Gasteiger partial charge is 0.228 e. The van der Waals surface area contributed by atoms with E-state index in [-0.39, 0.29) is 10.8 Å². The lowest BCUT2D eigenvalue weighted by Gasteiger charge is -2.40. The van der Waals surface area contributed by atoms with Crippen molar-refractivity contribution in [2.75, 3.05) is 13.1 Å². The fraction of sp³-hybridized carbons (Fsp3) is 0.923. The van der Waals surface area contributed by atoms with E-state index in [1.165, 1.54) is 0 Å². The van der Waals surface area contributed by atoms with Gasteiger partial charge in [0.1, 0.15) is 0 Å². The largest absolute Gasteiger partial charge is 0.342 e. The molecule has 1 unspecified atom stereocenters. The number of carbonyl (C=O) groups is 1. The molecule has 0 aromatic carbocycles. The van der Waals surface area contributed by atoms with Crippen LogP contribution in [0.15, 0.2) is 0 Å². The molecular weight excluding hydrogens is 186 g/mol. The molecule has 0 aromatic rings. The van der Waals surface area contributed by atoms with Gasteiger partial charge in [-0.3, -0.25) is 4.79 Å². The highest BCUT2D eigenvalue weighted by Gasteiger charge is 2.43. The van der Waals surface area contributed by atoms with Crippen LogP contribution in [0, 0.1) is 16.7 Å². The van der Waals surface area contributed by atoms with Gasteiger partial charge in [0.2, 0.25) is 5.91 Å². The number of likely N-dealkylation sites (tertiary alicyclic amines) is 1. The number of amides is 1. The van der Waals surface area contributed by atoms with Crippen molar-refractivity contribution in [3.63, 3.8) is 0 Å². The summed E-state index contributed by atoms with van der Waals surface area (Å²) in [7, 11) is 0. The van der Waals surface area contributed by atoms with Crippen LogP contribution in [0.25, 0.3) is 0 Å². The molecule has 0 radical (unpaired) electrons. The predicted molar refractivity (Wildman–Crippen MR) is 63.6 cm³/mol. The first-order chi connectivity index (χ1) is 6.66. The molecule has 1 rings (SSSR count). The number of rotatable bonds is 1. The Bertz CT molecular complexity index is 250. The summed E-state index contributed by atoms with van der Waals surface area (Å²) in [5, 5.41) is 0. The number of hydrogen-bond donors (Lipinski definition) is 0. The van der Waals surface area contributed by atoms with Gasteiger partial charge in [-0.25, -0.2) is 0 Å². The Hall–Kier alpha value is -0.530. The maximum atomic E-state index is 12.4. The van der Waals surface area contributed by atoms with Crippen LogP contribution in [0.4, 0.5) is 0 Å². The lowest BCUT2D eigenvalue weighted by molar-refractivity contribution is -0.145. The minimum atomic E-state index is -0.267. The molecule has 0 N–H and O–H groups in total. The fourth-order valence-corrected chi connectivity index (χ4v) is 1.84. The Morgan fingerprint density at radius 3 is 2.07 bits per heavy atom. The van der Waals surface area contributed by atoms with Crippen molar-refractivity contribution in [1.29, 1.82) is 0 Å². The molecule has 0 spiro atoms. The molecule has 1 atom stereocenters. The van der Waals surface area contributed by atoms with Crippen LogP contribution in [0.3, 0.4) is 0 Å². The van der Waals surface area contributed by atoms with Crippen LogP contribution in [0.2, 0.25) is 0 Å². The second kappa shape index (κ2) is 3.80. The monoisotopic (exact) mass is 211 g/mol. The molecule has 0 saturated carbocycles. The molecule has 0 bridgehead atoms. The van der Waals surface area contributed by atoms with E-state index >= 15 is 0 Å². The van der Waals surface area contributed by atoms with E-state index in [9.17, 15) is 4.79 Å². The van der Waals surface area contributed by atoms with Gasteiger partial charge in [0.15, 0.2) is 0 Å². The third-order valence-electron chi connectivity index (χ3n) is 4.12. The Balaban J connectivity index is 2.76. The molecule has 1 heterocycles. The summed E-state index contributed by atoms with van der Waals surface area (Å²) in [6.45, 7) is 14.7. The van der Waals surface area contributed by atoms with Gasteiger partial charge >= 0.3 is 0 Å². The lowest BCUT2D eigenvalue weighted by atomic mass is 9.68. The van der Waals surface area contributed by atoms with Gasteiger partial charge < -0.3 is 4.90 Å². The van der Waals surface area contributed by atoms with Crippen molar-refractivity contribution in [3.05, 3.63) is 0 Å². The van der Waals surface area contributed by atoms with Crippen LogP contribution in [-0.2, 0) is 4.79 Å². The molecule has 1 fully saturated rings. The van der Waals surface area contributed by atoms with Crippen LogP contribution in [-0.4, -0.2) is 23.9 Å². The van der Waals surface area contributed by atoms with Gasteiger partial charge in [0, 0.05) is 18.5 Å². The molecule has 1 amide bonds. The van der Waals surface area contributed by atoms with Crippen molar-refractivity contribution in [2.45, 2.75) is 48.0 Å². The lowest BCUT2D eigenvalue weighted by Crippen LogP contribution is -2.46. The van der Waals surface area contributed by atoms with Crippen molar-refractivity contribution in [1.82, 2.24) is 4.90 Å². The summed E-state index contributed by atoms with van der Waals surface area (Å²) in [4.78, 5) is 14.4. The fourth-order valence-electron chi connectivity index (χ4n) is 1.84. The Morgan fingerprint density at radius 2 is 1.73 bits per heavy atom. The third-order valence-corrected chi connectivity index (χ3v) is 4.12. The van der Waals surface area contributed by atoms with Gasteiger partial charge in [-0.2, -0.15) is 0 Å². The van der Waals surface area contributed by atoms with Gasteiger partial charge in [-0.1, -0.05) is 41.5 Å². The standard InChI is InChI=1S/C13H25NO/c1-10-7-8-14(9-10)11(15)13(5,6)12(2,3)4/h10H,7-9H2,1-6H3. The van der Waals surface area contributed by atoms with E-state index < -0.39 is 0 Å². The predicted octanol–water partition coefficient (Wildman–Crippen LogP) is 2.93. The van der Waals surface area contributed by atoms with Crippen LogP contribution in [0.1, 0.15) is 48.0 Å². The zero-order valence-electron chi connectivity index (χ0n) is 11.1. The summed E-state index contributed by atoms with van der Waals surface area (Å²) in [5.74, 6) is 0.990. The van der Waals surface area contributed by atoms with Crippen molar-refractivity contribution >= 4 is 5.91 Å². The van der Waals surface area contributed by atoms with E-state index in [0.717, 1.165) is 19.5 Å². The van der Waals surface area contributed by atoms with Gasteiger partial charge in [0.05, 0.1) is 0 Å². The number of nitrogens with zero attached hydrogens (tertiary/aromatic N) is 1. The summed E-state index contributed by atoms with van der Waals surface area (Å²) in [5.41, 5.74) is -0.243. The minimum absolute atomic E-state index is 0.0237. The van der Waals surface area contributed by atoms with E-state index in [4.69, 9.17) is 0 Å². The molecule has 2 nitrogen and oxygen atoms in total. The molecule has 1 aliphatic rings. The van der Waals surface area contributed by atoms with Crippen LogP contribution in [0.5, 0.6) is 0 Å². The molecule has 0 aromatic heterocycles. The second-order valence-electron chi connectivity index (χ2n) is 6.52. The molecule has 1 saturated heterocycles.